The number of halogens is 2. The summed E-state index contributed by atoms with van der Waals surface area (Å²) in [5, 5.41) is 3.37. The van der Waals surface area contributed by atoms with Crippen molar-refractivity contribution in [3.05, 3.63) is 50.9 Å². The van der Waals surface area contributed by atoms with E-state index < -0.39 is 0 Å². The highest BCUT2D eigenvalue weighted by Gasteiger charge is 2.03. The van der Waals surface area contributed by atoms with E-state index in [0.29, 0.717) is 0 Å². The Morgan fingerprint density at radius 1 is 1.00 bits per heavy atom. The van der Waals surface area contributed by atoms with Crippen LogP contribution in [0.1, 0.15) is 5.56 Å². The molecule has 0 atom stereocenters. The number of rotatable bonds is 5. The van der Waals surface area contributed by atoms with Gasteiger partial charge in [-0.05, 0) is 45.8 Å². The van der Waals surface area contributed by atoms with Gasteiger partial charge in [0.2, 0.25) is 0 Å². The molecule has 0 aliphatic rings. The first kappa shape index (κ1) is 15.2. The molecule has 0 amide bonds. The van der Waals surface area contributed by atoms with Crippen molar-refractivity contribution in [2.45, 2.75) is 6.54 Å². The maximum Gasteiger partial charge on any atom is 0.133 e. The number of methoxy groups -OCH3 is 2. The SMILES string of the molecule is COc1cc(Br)cc(NCc2ccc(OC)c(Br)c2)c1. The summed E-state index contributed by atoms with van der Waals surface area (Å²) in [6.07, 6.45) is 0. The molecule has 0 saturated carbocycles. The van der Waals surface area contributed by atoms with Crippen molar-refractivity contribution < 1.29 is 9.47 Å². The number of hydrogen-bond acceptors (Lipinski definition) is 3. The first-order chi connectivity index (χ1) is 9.62. The number of hydrogen-bond donors (Lipinski definition) is 1. The molecule has 1 N–H and O–H groups in total. The Hall–Kier alpha value is -1.20. The maximum absolute atomic E-state index is 5.24. The third-order valence-corrected chi connectivity index (χ3v) is 3.90. The normalized spacial score (nSPS) is 10.2. The molecule has 0 aliphatic carbocycles. The van der Waals surface area contributed by atoms with Crippen molar-refractivity contribution >= 4 is 37.5 Å². The monoisotopic (exact) mass is 399 g/mol. The minimum Gasteiger partial charge on any atom is -0.497 e. The van der Waals surface area contributed by atoms with Crippen molar-refractivity contribution in [1.82, 2.24) is 0 Å². The van der Waals surface area contributed by atoms with E-state index in [1.54, 1.807) is 14.2 Å². The van der Waals surface area contributed by atoms with Crippen LogP contribution in [0.3, 0.4) is 0 Å². The average molecular weight is 401 g/mol. The molecule has 2 aromatic rings. The second kappa shape index (κ2) is 6.99. The van der Waals surface area contributed by atoms with Crippen LogP contribution in [0.4, 0.5) is 5.69 Å². The van der Waals surface area contributed by atoms with E-state index in [0.717, 1.165) is 38.2 Å². The lowest BCUT2D eigenvalue weighted by Crippen LogP contribution is -2.00. The second-order valence-corrected chi connectivity index (χ2v) is 5.97. The zero-order valence-electron chi connectivity index (χ0n) is 11.2. The van der Waals surface area contributed by atoms with Crippen LogP contribution in [-0.4, -0.2) is 14.2 Å². The fourth-order valence-corrected chi connectivity index (χ4v) is 2.87. The van der Waals surface area contributed by atoms with Gasteiger partial charge in [-0.1, -0.05) is 22.0 Å². The molecule has 3 nitrogen and oxygen atoms in total. The van der Waals surface area contributed by atoms with E-state index >= 15 is 0 Å². The molecule has 0 fully saturated rings. The van der Waals surface area contributed by atoms with Crippen LogP contribution in [0, 0.1) is 0 Å². The molecule has 0 heterocycles. The molecule has 0 saturated heterocycles. The Morgan fingerprint density at radius 2 is 1.80 bits per heavy atom. The predicted molar refractivity (Wildman–Crippen MR) is 88.7 cm³/mol. The minimum absolute atomic E-state index is 0.724. The van der Waals surface area contributed by atoms with Gasteiger partial charge < -0.3 is 14.8 Å². The van der Waals surface area contributed by atoms with E-state index in [4.69, 9.17) is 9.47 Å². The summed E-state index contributed by atoms with van der Waals surface area (Å²) in [7, 11) is 3.32. The molecule has 0 bridgehead atoms. The van der Waals surface area contributed by atoms with Crippen molar-refractivity contribution in [3.8, 4) is 11.5 Å². The van der Waals surface area contributed by atoms with Gasteiger partial charge in [0.1, 0.15) is 11.5 Å². The van der Waals surface area contributed by atoms with Crippen molar-refractivity contribution in [2.24, 2.45) is 0 Å². The molecular formula is C15H15Br2NO2. The Kier molecular flexibility index (Phi) is 5.31. The van der Waals surface area contributed by atoms with Gasteiger partial charge in [0.15, 0.2) is 0 Å². The number of anilines is 1. The van der Waals surface area contributed by atoms with E-state index in [1.807, 2.05) is 36.4 Å². The number of ether oxygens (including phenoxy) is 2. The maximum atomic E-state index is 5.24. The molecule has 0 spiro atoms. The minimum atomic E-state index is 0.724. The highest BCUT2D eigenvalue weighted by atomic mass is 79.9. The standard InChI is InChI=1S/C15H15Br2NO2/c1-19-13-7-11(16)6-12(8-13)18-9-10-3-4-15(20-2)14(17)5-10/h3-8,18H,9H2,1-2H3. The molecule has 106 valence electrons. The van der Waals surface area contributed by atoms with Crippen LogP contribution in [0.15, 0.2) is 45.3 Å². The second-order valence-electron chi connectivity index (χ2n) is 4.20. The summed E-state index contributed by atoms with van der Waals surface area (Å²) in [5.41, 5.74) is 2.17. The van der Waals surface area contributed by atoms with Gasteiger partial charge in [0.05, 0.1) is 18.7 Å². The van der Waals surface area contributed by atoms with Gasteiger partial charge in [-0.25, -0.2) is 0 Å². The van der Waals surface area contributed by atoms with Gasteiger partial charge in [-0.3, -0.25) is 0 Å². The molecule has 0 aliphatic heterocycles. The van der Waals surface area contributed by atoms with E-state index in [2.05, 4.69) is 37.2 Å². The summed E-state index contributed by atoms with van der Waals surface area (Å²) >= 11 is 6.95. The van der Waals surface area contributed by atoms with Crippen LogP contribution in [0.2, 0.25) is 0 Å². The molecule has 0 radical (unpaired) electrons. The summed E-state index contributed by atoms with van der Waals surface area (Å²) < 4.78 is 12.4. The molecule has 0 unspecified atom stereocenters. The van der Waals surface area contributed by atoms with Crippen LogP contribution < -0.4 is 14.8 Å². The quantitative estimate of drug-likeness (QED) is 0.778. The zero-order valence-corrected chi connectivity index (χ0v) is 14.4. The third-order valence-electron chi connectivity index (χ3n) is 2.82. The van der Waals surface area contributed by atoms with Gasteiger partial charge in [0.25, 0.3) is 0 Å². The highest BCUT2D eigenvalue weighted by Crippen LogP contribution is 2.27. The third kappa shape index (κ3) is 3.90. The topological polar surface area (TPSA) is 30.5 Å². The molecule has 20 heavy (non-hydrogen) atoms. The summed E-state index contributed by atoms with van der Waals surface area (Å²) in [4.78, 5) is 0. The smallest absolute Gasteiger partial charge is 0.133 e. The summed E-state index contributed by atoms with van der Waals surface area (Å²) in [5.74, 6) is 1.65. The fraction of sp³-hybridized carbons (Fsp3) is 0.200. The zero-order chi connectivity index (χ0) is 14.5. The Morgan fingerprint density at radius 3 is 2.45 bits per heavy atom. The van der Waals surface area contributed by atoms with E-state index in [-0.39, 0.29) is 0 Å². The fourth-order valence-electron chi connectivity index (χ4n) is 1.81. The molecule has 2 aromatic carbocycles. The lowest BCUT2D eigenvalue weighted by molar-refractivity contribution is 0.412. The van der Waals surface area contributed by atoms with Gasteiger partial charge >= 0.3 is 0 Å². The van der Waals surface area contributed by atoms with Crippen LogP contribution in [0.25, 0.3) is 0 Å². The van der Waals surface area contributed by atoms with Crippen LogP contribution in [-0.2, 0) is 6.54 Å². The lowest BCUT2D eigenvalue weighted by atomic mass is 10.2. The van der Waals surface area contributed by atoms with Gasteiger partial charge in [0, 0.05) is 22.8 Å². The largest absolute Gasteiger partial charge is 0.497 e. The van der Waals surface area contributed by atoms with Crippen LogP contribution in [0.5, 0.6) is 11.5 Å². The number of nitrogens with one attached hydrogen (secondary N) is 1. The van der Waals surface area contributed by atoms with Gasteiger partial charge in [-0.2, -0.15) is 0 Å². The van der Waals surface area contributed by atoms with E-state index in [9.17, 15) is 0 Å². The molecule has 0 aromatic heterocycles. The molecular weight excluding hydrogens is 386 g/mol. The first-order valence-electron chi connectivity index (χ1n) is 6.03. The van der Waals surface area contributed by atoms with E-state index in [1.165, 1.54) is 0 Å². The lowest BCUT2D eigenvalue weighted by Gasteiger charge is -2.10. The Balaban J connectivity index is 2.08. The molecule has 2 rings (SSSR count). The summed E-state index contributed by atoms with van der Waals surface area (Å²) in [6.45, 7) is 0.724. The highest BCUT2D eigenvalue weighted by molar-refractivity contribution is 9.10. The van der Waals surface area contributed by atoms with Crippen molar-refractivity contribution in [2.75, 3.05) is 19.5 Å². The summed E-state index contributed by atoms with van der Waals surface area (Å²) in [6, 6.07) is 11.9. The average Bonchev–Trinajstić information content (AvgIpc) is 2.44. The van der Waals surface area contributed by atoms with Crippen LogP contribution >= 0.6 is 31.9 Å². The Bertz CT molecular complexity index is 602. The van der Waals surface area contributed by atoms with Crippen molar-refractivity contribution in [3.63, 3.8) is 0 Å². The number of benzene rings is 2. The van der Waals surface area contributed by atoms with Crippen molar-refractivity contribution in [1.29, 1.82) is 0 Å². The molecule has 5 heteroatoms. The first-order valence-corrected chi connectivity index (χ1v) is 7.62. The van der Waals surface area contributed by atoms with Gasteiger partial charge in [-0.15, -0.1) is 0 Å². The predicted octanol–water partition coefficient (Wildman–Crippen LogP) is 4.84. The Labute approximate surface area is 135 Å².